The van der Waals surface area contributed by atoms with Crippen LogP contribution in [-0.4, -0.2) is 60.8 Å². The van der Waals surface area contributed by atoms with E-state index in [0.29, 0.717) is 26.1 Å². The van der Waals surface area contributed by atoms with Crippen molar-refractivity contribution < 1.29 is 17.9 Å². The lowest BCUT2D eigenvalue weighted by molar-refractivity contribution is -0.148. The number of hydrogen-bond acceptors (Lipinski definition) is 5. The number of aryl methyl sites for hydroxylation is 1. The Hall–Kier alpha value is -0.960. The van der Waals surface area contributed by atoms with Crippen molar-refractivity contribution in [3.63, 3.8) is 0 Å². The number of aromatic nitrogens is 2. The van der Waals surface area contributed by atoms with Gasteiger partial charge in [0.15, 0.2) is 5.03 Å². The quantitative estimate of drug-likeness (QED) is 0.796. The minimum absolute atomic E-state index is 0.0696. The Balaban J connectivity index is 1.84. The van der Waals surface area contributed by atoms with Gasteiger partial charge in [-0.3, -0.25) is 0 Å². The Morgan fingerprint density at radius 3 is 2.96 bits per heavy atom. The maximum atomic E-state index is 12.9. The molecule has 2 aliphatic heterocycles. The Morgan fingerprint density at radius 2 is 2.29 bits per heavy atom. The summed E-state index contributed by atoms with van der Waals surface area (Å²) in [4.78, 5) is 4.03. The molecular weight excluding hydrogens is 330 g/mol. The highest BCUT2D eigenvalue weighted by Crippen LogP contribution is 2.42. The summed E-state index contributed by atoms with van der Waals surface area (Å²) in [7, 11) is -1.81. The smallest absolute Gasteiger partial charge is 0.262 e. The van der Waals surface area contributed by atoms with E-state index in [9.17, 15) is 8.42 Å². The zero-order valence-electron chi connectivity index (χ0n) is 14.6. The van der Waals surface area contributed by atoms with Crippen LogP contribution in [0.15, 0.2) is 17.6 Å². The van der Waals surface area contributed by atoms with Gasteiger partial charge in [0, 0.05) is 38.4 Å². The van der Waals surface area contributed by atoms with E-state index >= 15 is 0 Å². The molecule has 2 saturated heterocycles. The number of sulfonamides is 1. The Morgan fingerprint density at radius 1 is 1.50 bits per heavy atom. The second-order valence-electron chi connectivity index (χ2n) is 7.19. The minimum Gasteiger partial charge on any atom is -0.378 e. The van der Waals surface area contributed by atoms with Crippen LogP contribution in [0.4, 0.5) is 0 Å². The van der Waals surface area contributed by atoms with E-state index in [0.717, 1.165) is 19.4 Å². The summed E-state index contributed by atoms with van der Waals surface area (Å²) in [6, 6.07) is 0. The summed E-state index contributed by atoms with van der Waals surface area (Å²) in [6.07, 6.45) is 5.82. The molecule has 0 unspecified atom stereocenters. The topological polar surface area (TPSA) is 73.7 Å². The molecule has 2 atom stereocenters. The van der Waals surface area contributed by atoms with Gasteiger partial charge in [-0.1, -0.05) is 0 Å². The molecule has 0 radical (unpaired) electrons. The maximum absolute atomic E-state index is 12.9. The summed E-state index contributed by atoms with van der Waals surface area (Å²) < 4.78 is 40.9. The summed E-state index contributed by atoms with van der Waals surface area (Å²) in [5.74, 6) is 0. The lowest BCUT2D eigenvalue weighted by atomic mass is 9.73. The van der Waals surface area contributed by atoms with Gasteiger partial charge in [-0.05, 0) is 33.1 Å². The number of ether oxygens (including phenoxy) is 2. The number of rotatable bonds is 5. The second kappa shape index (κ2) is 6.74. The molecule has 0 bridgehead atoms. The molecule has 0 spiro atoms. The first kappa shape index (κ1) is 17.8. The van der Waals surface area contributed by atoms with Crippen LogP contribution in [0, 0.1) is 5.41 Å². The molecular formula is C16H27N3O4S. The van der Waals surface area contributed by atoms with Crippen molar-refractivity contribution in [2.45, 2.75) is 50.3 Å². The van der Waals surface area contributed by atoms with E-state index in [1.807, 2.05) is 13.8 Å². The van der Waals surface area contributed by atoms with Gasteiger partial charge < -0.3 is 14.0 Å². The van der Waals surface area contributed by atoms with E-state index < -0.39 is 10.0 Å². The number of imidazole rings is 1. The third kappa shape index (κ3) is 3.37. The number of nitrogens with zero attached hydrogens (tertiary/aromatic N) is 3. The van der Waals surface area contributed by atoms with Crippen LogP contribution in [-0.2, 0) is 26.5 Å². The van der Waals surface area contributed by atoms with Gasteiger partial charge in [0.1, 0.15) is 0 Å². The van der Waals surface area contributed by atoms with E-state index in [2.05, 4.69) is 4.98 Å². The van der Waals surface area contributed by atoms with Gasteiger partial charge in [0.2, 0.25) is 0 Å². The van der Waals surface area contributed by atoms with Crippen molar-refractivity contribution in [1.29, 1.82) is 0 Å². The molecule has 2 aliphatic rings. The third-order valence-corrected chi connectivity index (χ3v) is 6.67. The fourth-order valence-electron chi connectivity index (χ4n) is 3.65. The van der Waals surface area contributed by atoms with Crippen LogP contribution in [0.2, 0.25) is 0 Å². The van der Waals surface area contributed by atoms with E-state index in [1.54, 1.807) is 22.1 Å². The van der Waals surface area contributed by atoms with Gasteiger partial charge in [-0.2, -0.15) is 4.31 Å². The molecule has 24 heavy (non-hydrogen) atoms. The lowest BCUT2D eigenvalue weighted by Crippen LogP contribution is -2.58. The standard InChI is InChI=1S/C16H27N3O4S/c1-13(2)23-11-16-6-4-8-22-14(16)5-7-19(10-16)24(20,21)15-9-18(3)12-17-15/h9,12-14H,4-8,10-11H2,1-3H3/t14-,16+/m0/s1. The predicted molar refractivity (Wildman–Crippen MR) is 89.1 cm³/mol. The molecule has 1 aromatic heterocycles. The van der Waals surface area contributed by atoms with Crippen LogP contribution in [0.3, 0.4) is 0 Å². The normalized spacial score (nSPS) is 28.9. The number of fused-ring (bicyclic) bond motifs is 1. The van der Waals surface area contributed by atoms with Gasteiger partial charge in [-0.25, -0.2) is 13.4 Å². The van der Waals surface area contributed by atoms with Gasteiger partial charge in [0.05, 0.1) is 25.1 Å². The second-order valence-corrected chi connectivity index (χ2v) is 9.07. The molecule has 136 valence electrons. The molecule has 0 saturated carbocycles. The number of piperidine rings is 1. The van der Waals surface area contributed by atoms with Crippen LogP contribution in [0.1, 0.15) is 33.1 Å². The molecule has 0 aromatic carbocycles. The first-order valence-corrected chi connectivity index (χ1v) is 9.99. The number of hydrogen-bond donors (Lipinski definition) is 0. The van der Waals surface area contributed by atoms with E-state index in [-0.39, 0.29) is 22.6 Å². The lowest BCUT2D eigenvalue weighted by Gasteiger charge is -2.49. The Bertz CT molecular complexity index is 673. The summed E-state index contributed by atoms with van der Waals surface area (Å²) in [5, 5.41) is 0.111. The molecule has 2 fully saturated rings. The minimum atomic E-state index is -3.58. The fourth-order valence-corrected chi connectivity index (χ4v) is 5.17. The van der Waals surface area contributed by atoms with Gasteiger partial charge in [0.25, 0.3) is 10.0 Å². The molecule has 1 aromatic rings. The molecule has 0 N–H and O–H groups in total. The molecule has 7 nitrogen and oxygen atoms in total. The SMILES string of the molecule is CC(C)OC[C@]12CCCO[C@H]1CCN(S(=O)(=O)c1cn(C)cn1)C2. The predicted octanol–water partition coefficient (Wildman–Crippen LogP) is 1.40. The van der Waals surface area contributed by atoms with Crippen LogP contribution in [0.25, 0.3) is 0 Å². The van der Waals surface area contributed by atoms with Crippen LogP contribution >= 0.6 is 0 Å². The Kier molecular flexibility index (Phi) is 5.01. The average Bonchev–Trinajstić information content (AvgIpc) is 3.00. The first-order chi connectivity index (χ1) is 11.3. The summed E-state index contributed by atoms with van der Waals surface area (Å²) in [5.41, 5.74) is -0.261. The van der Waals surface area contributed by atoms with Crippen molar-refractivity contribution in [3.8, 4) is 0 Å². The Labute approximate surface area is 144 Å². The van der Waals surface area contributed by atoms with Crippen LogP contribution in [0.5, 0.6) is 0 Å². The molecule has 3 heterocycles. The zero-order valence-corrected chi connectivity index (χ0v) is 15.5. The zero-order chi connectivity index (χ0) is 17.4. The average molecular weight is 357 g/mol. The van der Waals surface area contributed by atoms with Crippen molar-refractivity contribution in [1.82, 2.24) is 13.9 Å². The highest BCUT2D eigenvalue weighted by molar-refractivity contribution is 7.89. The van der Waals surface area contributed by atoms with Crippen LogP contribution < -0.4 is 0 Å². The summed E-state index contributed by atoms with van der Waals surface area (Å²) in [6.45, 7) is 6.18. The van der Waals surface area contributed by atoms with E-state index in [4.69, 9.17) is 9.47 Å². The third-order valence-electron chi connectivity index (χ3n) is 4.94. The molecule has 8 heteroatoms. The molecule has 3 rings (SSSR count). The van der Waals surface area contributed by atoms with Gasteiger partial charge >= 0.3 is 0 Å². The highest BCUT2D eigenvalue weighted by atomic mass is 32.2. The van der Waals surface area contributed by atoms with Crippen molar-refractivity contribution >= 4 is 10.0 Å². The fraction of sp³-hybridized carbons (Fsp3) is 0.812. The van der Waals surface area contributed by atoms with Crippen molar-refractivity contribution in [2.24, 2.45) is 12.5 Å². The molecule has 0 aliphatic carbocycles. The van der Waals surface area contributed by atoms with Crippen molar-refractivity contribution in [2.75, 3.05) is 26.3 Å². The largest absolute Gasteiger partial charge is 0.378 e. The first-order valence-electron chi connectivity index (χ1n) is 8.55. The summed E-state index contributed by atoms with van der Waals surface area (Å²) >= 11 is 0. The monoisotopic (exact) mass is 357 g/mol. The van der Waals surface area contributed by atoms with Gasteiger partial charge in [-0.15, -0.1) is 0 Å². The molecule has 0 amide bonds. The van der Waals surface area contributed by atoms with Crippen molar-refractivity contribution in [3.05, 3.63) is 12.5 Å². The maximum Gasteiger partial charge on any atom is 0.262 e. The highest BCUT2D eigenvalue weighted by Gasteiger charge is 2.49. The van der Waals surface area contributed by atoms with E-state index in [1.165, 1.54) is 6.33 Å².